The van der Waals surface area contributed by atoms with Gasteiger partial charge < -0.3 is 10.2 Å². The second kappa shape index (κ2) is 18.9. The van der Waals surface area contributed by atoms with Crippen LogP contribution in [0.5, 0.6) is 0 Å². The maximum absolute atomic E-state index is 13.9. The molecule has 48 heavy (non-hydrogen) atoms. The van der Waals surface area contributed by atoms with Crippen molar-refractivity contribution in [1.82, 2.24) is 10.1 Å². The Balaban J connectivity index is 2.33. The van der Waals surface area contributed by atoms with Crippen molar-refractivity contribution in [1.29, 1.82) is 0 Å². The summed E-state index contributed by atoms with van der Waals surface area (Å²) in [5.41, 5.74) is -2.58. The van der Waals surface area contributed by atoms with E-state index in [9.17, 15) is 19.8 Å². The van der Waals surface area contributed by atoms with Crippen LogP contribution in [0, 0.1) is 17.3 Å². The van der Waals surface area contributed by atoms with Gasteiger partial charge in [-0.15, -0.1) is 0 Å². The molecule has 0 saturated carbocycles. The molecule has 0 unspecified atom stereocenters. The fourth-order valence-corrected chi connectivity index (χ4v) is 9.76. The van der Waals surface area contributed by atoms with Crippen molar-refractivity contribution in [3.8, 4) is 0 Å². The monoisotopic (exact) mass is 681 g/mol. The number of hydrogen-bond donors (Lipinski definition) is 2. The fourth-order valence-electron chi connectivity index (χ4n) is 9.76. The number of carbonyl (C=O) groups is 2. The second-order valence-corrected chi connectivity index (χ2v) is 17.8. The van der Waals surface area contributed by atoms with Gasteiger partial charge in [-0.25, -0.2) is 0 Å². The molecule has 8 nitrogen and oxygen atoms in total. The number of nitrogens with zero attached hydrogens (tertiary/aromatic N) is 2. The Morgan fingerprint density at radius 2 is 0.917 bits per heavy atom. The Bertz CT molecular complexity index is 883. The van der Waals surface area contributed by atoms with Crippen molar-refractivity contribution in [3.63, 3.8) is 0 Å². The highest BCUT2D eigenvalue weighted by molar-refractivity contribution is 5.76. The van der Waals surface area contributed by atoms with Crippen molar-refractivity contribution in [3.05, 3.63) is 0 Å². The first-order valence-electron chi connectivity index (χ1n) is 19.7. The van der Waals surface area contributed by atoms with Crippen LogP contribution in [0.25, 0.3) is 0 Å². The zero-order valence-electron chi connectivity index (χ0n) is 32.9. The van der Waals surface area contributed by atoms with E-state index in [-0.39, 0.29) is 40.4 Å². The van der Waals surface area contributed by atoms with E-state index in [0.29, 0.717) is 51.7 Å². The van der Waals surface area contributed by atoms with Gasteiger partial charge in [0, 0.05) is 28.6 Å². The third kappa shape index (κ3) is 11.7. The number of piperidine rings is 2. The maximum atomic E-state index is 13.9. The summed E-state index contributed by atoms with van der Waals surface area (Å²) in [7, 11) is 0. The lowest BCUT2D eigenvalue weighted by Crippen LogP contribution is -2.67. The standard InChI is InChI=1S/C40H76N2O6/c1-11-13-15-17-19-21-26-47-41-36(3,4)28-32(29-37(41,5)6)40(35(45)46,25-23-24-34(43)44)33-30-38(7,8)42(39(9,10)31-33)48-27-22-20-18-16-14-12-2/h32-33H,11-31H2,1-10H3,(H,43,44)(H,45,46). The van der Waals surface area contributed by atoms with E-state index in [2.05, 4.69) is 79.4 Å². The highest BCUT2D eigenvalue weighted by Crippen LogP contribution is 2.58. The van der Waals surface area contributed by atoms with Crippen molar-refractivity contribution in [2.75, 3.05) is 13.2 Å². The van der Waals surface area contributed by atoms with E-state index >= 15 is 0 Å². The maximum Gasteiger partial charge on any atom is 0.310 e. The fraction of sp³-hybridized carbons (Fsp3) is 0.950. The molecule has 0 radical (unpaired) electrons. The molecule has 0 bridgehead atoms. The molecule has 0 amide bonds. The van der Waals surface area contributed by atoms with E-state index in [1.807, 2.05) is 0 Å². The molecule has 0 aromatic heterocycles. The van der Waals surface area contributed by atoms with Crippen LogP contribution in [-0.4, -0.2) is 67.6 Å². The summed E-state index contributed by atoms with van der Waals surface area (Å²) in [6.07, 6.45) is 17.9. The predicted octanol–water partition coefficient (Wildman–Crippen LogP) is 10.4. The van der Waals surface area contributed by atoms with Gasteiger partial charge in [0.25, 0.3) is 0 Å². The third-order valence-corrected chi connectivity index (χ3v) is 11.5. The second-order valence-electron chi connectivity index (χ2n) is 17.8. The van der Waals surface area contributed by atoms with E-state index < -0.39 is 17.4 Å². The van der Waals surface area contributed by atoms with Crippen molar-refractivity contribution in [2.45, 2.75) is 213 Å². The largest absolute Gasteiger partial charge is 0.481 e. The molecule has 0 spiro atoms. The minimum absolute atomic E-state index is 0.0188. The van der Waals surface area contributed by atoms with E-state index in [1.54, 1.807) is 0 Å². The summed E-state index contributed by atoms with van der Waals surface area (Å²) >= 11 is 0. The van der Waals surface area contributed by atoms with Crippen LogP contribution in [0.3, 0.4) is 0 Å². The minimum atomic E-state index is -1.06. The summed E-state index contributed by atoms with van der Waals surface area (Å²) in [5.74, 6) is -1.90. The van der Waals surface area contributed by atoms with Crippen LogP contribution < -0.4 is 0 Å². The Kier molecular flexibility index (Phi) is 16.9. The van der Waals surface area contributed by atoms with Gasteiger partial charge in [0.2, 0.25) is 0 Å². The Hall–Kier alpha value is -1.22. The van der Waals surface area contributed by atoms with Gasteiger partial charge in [0.1, 0.15) is 0 Å². The molecule has 2 N–H and O–H groups in total. The van der Waals surface area contributed by atoms with Gasteiger partial charge in [-0.3, -0.25) is 19.3 Å². The Morgan fingerprint density at radius 3 is 1.23 bits per heavy atom. The van der Waals surface area contributed by atoms with Crippen LogP contribution in [0.15, 0.2) is 0 Å². The number of unbranched alkanes of at least 4 members (excludes halogenated alkanes) is 10. The molecule has 2 aliphatic rings. The molecule has 2 aliphatic heterocycles. The normalized spacial score (nSPS) is 21.8. The molecule has 8 heteroatoms. The van der Waals surface area contributed by atoms with Gasteiger partial charge in [0.15, 0.2) is 0 Å². The molecule has 0 aliphatic carbocycles. The number of hydroxylamine groups is 4. The lowest BCUT2D eigenvalue weighted by molar-refractivity contribution is -0.307. The summed E-state index contributed by atoms with van der Waals surface area (Å²) in [5, 5.41) is 25.3. The highest BCUT2D eigenvalue weighted by Gasteiger charge is 2.61. The number of hydrogen-bond acceptors (Lipinski definition) is 6. The van der Waals surface area contributed by atoms with Gasteiger partial charge in [-0.2, -0.15) is 10.1 Å². The smallest absolute Gasteiger partial charge is 0.310 e. The molecule has 2 fully saturated rings. The molecular formula is C40H76N2O6. The molecule has 2 heterocycles. The third-order valence-electron chi connectivity index (χ3n) is 11.5. The first-order chi connectivity index (χ1) is 22.4. The van der Waals surface area contributed by atoms with Crippen LogP contribution in [0.1, 0.15) is 191 Å². The first-order valence-corrected chi connectivity index (χ1v) is 19.7. The first kappa shape index (κ1) is 42.9. The molecular weight excluding hydrogens is 604 g/mol. The summed E-state index contributed by atoms with van der Waals surface area (Å²) < 4.78 is 0. The van der Waals surface area contributed by atoms with Gasteiger partial charge in [-0.1, -0.05) is 78.1 Å². The Labute approximate surface area is 295 Å². The SMILES string of the molecule is CCCCCCCCON1C(C)(C)CC(C(CCCC(=O)O)(C(=O)O)C2CC(C)(C)N(OCCCCCCCC)C(C)(C)C2)CC1(C)C. The number of carboxylic acid groups (broad SMARTS) is 2. The lowest BCUT2D eigenvalue weighted by Gasteiger charge is -2.61. The zero-order valence-corrected chi connectivity index (χ0v) is 32.9. The van der Waals surface area contributed by atoms with E-state index in [1.165, 1.54) is 51.4 Å². The average molecular weight is 681 g/mol. The zero-order chi connectivity index (χ0) is 36.2. The van der Waals surface area contributed by atoms with Gasteiger partial charge in [0.05, 0.1) is 18.6 Å². The van der Waals surface area contributed by atoms with Crippen molar-refractivity contribution in [2.24, 2.45) is 17.3 Å². The Morgan fingerprint density at radius 1 is 0.583 bits per heavy atom. The van der Waals surface area contributed by atoms with Crippen molar-refractivity contribution < 1.29 is 29.5 Å². The van der Waals surface area contributed by atoms with Crippen LogP contribution in [0.2, 0.25) is 0 Å². The number of carboxylic acids is 2. The molecule has 2 rings (SSSR count). The van der Waals surface area contributed by atoms with E-state index in [4.69, 9.17) is 9.68 Å². The molecule has 0 atom stereocenters. The lowest BCUT2D eigenvalue weighted by atomic mass is 9.52. The summed E-state index contributed by atoms with van der Waals surface area (Å²) in [6.45, 7) is 23.4. The van der Waals surface area contributed by atoms with Gasteiger partial charge >= 0.3 is 11.9 Å². The molecule has 282 valence electrons. The van der Waals surface area contributed by atoms with Crippen LogP contribution in [-0.2, 0) is 19.3 Å². The highest BCUT2D eigenvalue weighted by atomic mass is 16.7. The quantitative estimate of drug-likeness (QED) is 0.103. The van der Waals surface area contributed by atoms with Crippen LogP contribution >= 0.6 is 0 Å². The molecule has 0 aromatic carbocycles. The van der Waals surface area contributed by atoms with Crippen molar-refractivity contribution >= 4 is 11.9 Å². The number of aliphatic carboxylic acids is 2. The average Bonchev–Trinajstić information content (AvgIpc) is 2.95. The van der Waals surface area contributed by atoms with Crippen LogP contribution in [0.4, 0.5) is 0 Å². The number of rotatable bonds is 23. The minimum Gasteiger partial charge on any atom is -0.481 e. The predicted molar refractivity (Wildman–Crippen MR) is 196 cm³/mol. The van der Waals surface area contributed by atoms with E-state index in [0.717, 1.165) is 25.7 Å². The molecule has 0 aromatic rings. The summed E-state index contributed by atoms with van der Waals surface area (Å²) in [4.78, 5) is 38.7. The summed E-state index contributed by atoms with van der Waals surface area (Å²) in [6, 6.07) is 0. The van der Waals surface area contributed by atoms with Gasteiger partial charge in [-0.05, 0) is 119 Å². The topological polar surface area (TPSA) is 99.5 Å². The molecule has 2 saturated heterocycles.